The van der Waals surface area contributed by atoms with Gasteiger partial charge in [-0.15, -0.1) is 0 Å². The molecular weight excluding hydrogens is 238 g/mol. The summed E-state index contributed by atoms with van der Waals surface area (Å²) < 4.78 is 0. The Kier molecular flexibility index (Phi) is 3.97. The minimum Gasteiger partial charge on any atom is -0.478 e. The third kappa shape index (κ3) is 3.20. The lowest BCUT2D eigenvalue weighted by Crippen LogP contribution is -2.10. The predicted octanol–water partition coefficient (Wildman–Crippen LogP) is 3.11. The van der Waals surface area contributed by atoms with Gasteiger partial charge in [-0.1, -0.05) is 36.4 Å². The summed E-state index contributed by atoms with van der Waals surface area (Å²) in [6.45, 7) is 0.836. The summed E-state index contributed by atoms with van der Waals surface area (Å²) in [5.41, 5.74) is 3.21. The molecule has 0 bridgehead atoms. The maximum absolute atomic E-state index is 11.2. The molecule has 0 atom stereocenters. The number of carboxylic acids is 1. The van der Waals surface area contributed by atoms with E-state index in [0.29, 0.717) is 5.56 Å². The molecule has 0 aliphatic heterocycles. The maximum Gasteiger partial charge on any atom is 0.336 e. The van der Waals surface area contributed by atoms with Crippen molar-refractivity contribution in [1.82, 2.24) is 4.90 Å². The zero-order chi connectivity index (χ0) is 13.8. The Balaban J connectivity index is 2.44. The van der Waals surface area contributed by atoms with Gasteiger partial charge in [0.25, 0.3) is 0 Å². The highest BCUT2D eigenvalue weighted by Crippen LogP contribution is 2.24. The second-order valence-corrected chi connectivity index (χ2v) is 4.79. The second kappa shape index (κ2) is 5.67. The topological polar surface area (TPSA) is 40.5 Å². The van der Waals surface area contributed by atoms with Crippen LogP contribution in [0.15, 0.2) is 48.5 Å². The van der Waals surface area contributed by atoms with E-state index in [1.165, 1.54) is 5.56 Å². The first-order valence-electron chi connectivity index (χ1n) is 6.14. The fourth-order valence-corrected chi connectivity index (χ4v) is 2.12. The molecule has 3 nitrogen and oxygen atoms in total. The Labute approximate surface area is 113 Å². The van der Waals surface area contributed by atoms with Crippen LogP contribution < -0.4 is 0 Å². The van der Waals surface area contributed by atoms with Crippen molar-refractivity contribution in [2.75, 3.05) is 14.1 Å². The van der Waals surface area contributed by atoms with Gasteiger partial charge in [0.15, 0.2) is 0 Å². The molecular formula is C16H17NO2. The number of rotatable bonds is 4. The van der Waals surface area contributed by atoms with Crippen molar-refractivity contribution in [2.24, 2.45) is 0 Å². The Hall–Kier alpha value is -2.13. The molecule has 0 radical (unpaired) electrons. The van der Waals surface area contributed by atoms with Crippen LogP contribution in [0.5, 0.6) is 0 Å². The third-order valence-corrected chi connectivity index (χ3v) is 2.89. The molecule has 0 unspecified atom stereocenters. The van der Waals surface area contributed by atoms with Gasteiger partial charge in [0, 0.05) is 6.54 Å². The van der Waals surface area contributed by atoms with Crippen LogP contribution >= 0.6 is 0 Å². The molecule has 0 aliphatic carbocycles. The van der Waals surface area contributed by atoms with E-state index in [1.807, 2.05) is 50.5 Å². The summed E-state index contributed by atoms with van der Waals surface area (Å²) in [6, 6.07) is 15.1. The fraction of sp³-hybridized carbons (Fsp3) is 0.188. The van der Waals surface area contributed by atoms with Crippen LogP contribution in [0.3, 0.4) is 0 Å². The number of hydrogen-bond donors (Lipinski definition) is 1. The normalized spacial score (nSPS) is 10.7. The van der Waals surface area contributed by atoms with Crippen LogP contribution in [0.2, 0.25) is 0 Å². The lowest BCUT2D eigenvalue weighted by Gasteiger charge is -2.12. The van der Waals surface area contributed by atoms with Gasteiger partial charge >= 0.3 is 5.97 Å². The Bertz CT molecular complexity index is 591. The smallest absolute Gasteiger partial charge is 0.336 e. The standard InChI is InChI=1S/C16H17NO2/c1-17(2)11-12-6-5-7-13(10-12)14-8-3-4-9-15(14)16(18)19/h3-10H,11H2,1-2H3,(H,18,19). The van der Waals surface area contributed by atoms with Crippen molar-refractivity contribution in [3.63, 3.8) is 0 Å². The predicted molar refractivity (Wildman–Crippen MR) is 76.2 cm³/mol. The van der Waals surface area contributed by atoms with E-state index in [2.05, 4.69) is 4.90 Å². The molecule has 19 heavy (non-hydrogen) atoms. The van der Waals surface area contributed by atoms with Crippen molar-refractivity contribution in [1.29, 1.82) is 0 Å². The van der Waals surface area contributed by atoms with Gasteiger partial charge in [-0.2, -0.15) is 0 Å². The number of aromatic carboxylic acids is 1. The molecule has 0 heterocycles. The number of carboxylic acid groups (broad SMARTS) is 1. The fourth-order valence-electron chi connectivity index (χ4n) is 2.12. The zero-order valence-corrected chi connectivity index (χ0v) is 11.1. The monoisotopic (exact) mass is 255 g/mol. The number of benzene rings is 2. The van der Waals surface area contributed by atoms with Crippen LogP contribution in [0.4, 0.5) is 0 Å². The SMILES string of the molecule is CN(C)Cc1cccc(-c2ccccc2C(=O)O)c1. The molecule has 2 rings (SSSR count). The van der Waals surface area contributed by atoms with E-state index in [0.717, 1.165) is 17.7 Å². The van der Waals surface area contributed by atoms with Gasteiger partial charge in [-0.3, -0.25) is 0 Å². The minimum absolute atomic E-state index is 0.338. The number of hydrogen-bond acceptors (Lipinski definition) is 2. The van der Waals surface area contributed by atoms with Gasteiger partial charge in [-0.25, -0.2) is 4.79 Å². The molecule has 98 valence electrons. The molecule has 0 fully saturated rings. The average Bonchev–Trinajstić information content (AvgIpc) is 2.38. The molecule has 2 aromatic carbocycles. The Morgan fingerprint density at radius 2 is 1.84 bits per heavy atom. The lowest BCUT2D eigenvalue weighted by atomic mass is 9.98. The van der Waals surface area contributed by atoms with Crippen LogP contribution in [0.25, 0.3) is 11.1 Å². The Morgan fingerprint density at radius 3 is 2.53 bits per heavy atom. The highest BCUT2D eigenvalue weighted by atomic mass is 16.4. The van der Waals surface area contributed by atoms with Crippen molar-refractivity contribution in [3.8, 4) is 11.1 Å². The quantitative estimate of drug-likeness (QED) is 0.912. The van der Waals surface area contributed by atoms with Crippen molar-refractivity contribution in [2.45, 2.75) is 6.54 Å². The summed E-state index contributed by atoms with van der Waals surface area (Å²) in [5.74, 6) is -0.895. The minimum atomic E-state index is -0.895. The maximum atomic E-state index is 11.2. The summed E-state index contributed by atoms with van der Waals surface area (Å²) in [5, 5.41) is 9.23. The highest BCUT2D eigenvalue weighted by Gasteiger charge is 2.10. The molecule has 0 saturated carbocycles. The van der Waals surface area contributed by atoms with E-state index >= 15 is 0 Å². The van der Waals surface area contributed by atoms with E-state index < -0.39 is 5.97 Å². The first-order valence-corrected chi connectivity index (χ1v) is 6.14. The molecule has 0 spiro atoms. The molecule has 0 amide bonds. The molecule has 2 aromatic rings. The summed E-state index contributed by atoms with van der Waals surface area (Å²) >= 11 is 0. The van der Waals surface area contributed by atoms with E-state index in [-0.39, 0.29) is 0 Å². The van der Waals surface area contributed by atoms with Crippen LogP contribution in [-0.2, 0) is 6.54 Å². The lowest BCUT2D eigenvalue weighted by molar-refractivity contribution is 0.0697. The summed E-state index contributed by atoms with van der Waals surface area (Å²) in [4.78, 5) is 13.3. The van der Waals surface area contributed by atoms with Gasteiger partial charge in [-0.05, 0) is 42.9 Å². The van der Waals surface area contributed by atoms with Crippen molar-refractivity contribution >= 4 is 5.97 Å². The van der Waals surface area contributed by atoms with Crippen molar-refractivity contribution in [3.05, 3.63) is 59.7 Å². The molecule has 0 aromatic heterocycles. The zero-order valence-electron chi connectivity index (χ0n) is 11.1. The van der Waals surface area contributed by atoms with Crippen LogP contribution in [0, 0.1) is 0 Å². The summed E-state index contributed by atoms with van der Waals surface area (Å²) in [6.07, 6.45) is 0. The van der Waals surface area contributed by atoms with Crippen molar-refractivity contribution < 1.29 is 9.90 Å². The third-order valence-electron chi connectivity index (χ3n) is 2.89. The molecule has 0 aliphatic rings. The van der Waals surface area contributed by atoms with E-state index in [4.69, 9.17) is 0 Å². The van der Waals surface area contributed by atoms with Gasteiger partial charge < -0.3 is 10.0 Å². The number of carbonyl (C=O) groups is 1. The highest BCUT2D eigenvalue weighted by molar-refractivity contribution is 5.96. The first-order chi connectivity index (χ1) is 9.08. The van der Waals surface area contributed by atoms with E-state index in [9.17, 15) is 9.90 Å². The summed E-state index contributed by atoms with van der Waals surface area (Å²) in [7, 11) is 4.02. The van der Waals surface area contributed by atoms with Gasteiger partial charge in [0.1, 0.15) is 0 Å². The molecule has 0 saturated heterocycles. The average molecular weight is 255 g/mol. The number of nitrogens with zero attached hydrogens (tertiary/aromatic N) is 1. The van der Waals surface area contributed by atoms with E-state index in [1.54, 1.807) is 12.1 Å². The molecule has 1 N–H and O–H groups in total. The van der Waals surface area contributed by atoms with Gasteiger partial charge in [0.2, 0.25) is 0 Å². The Morgan fingerprint density at radius 1 is 1.11 bits per heavy atom. The van der Waals surface area contributed by atoms with Crippen LogP contribution in [-0.4, -0.2) is 30.1 Å². The van der Waals surface area contributed by atoms with Crippen LogP contribution in [0.1, 0.15) is 15.9 Å². The largest absolute Gasteiger partial charge is 0.478 e. The second-order valence-electron chi connectivity index (χ2n) is 4.79. The van der Waals surface area contributed by atoms with Gasteiger partial charge in [0.05, 0.1) is 5.56 Å². The molecule has 3 heteroatoms. The first kappa shape index (κ1) is 13.3.